The number of nitrogens with zero attached hydrogens (tertiary/aromatic N) is 1. The Morgan fingerprint density at radius 2 is 2.33 bits per heavy atom. The summed E-state index contributed by atoms with van der Waals surface area (Å²) in [6, 6.07) is -0.143. The van der Waals surface area contributed by atoms with Gasteiger partial charge in [0.1, 0.15) is 0 Å². The van der Waals surface area contributed by atoms with E-state index in [-0.39, 0.29) is 11.9 Å². The summed E-state index contributed by atoms with van der Waals surface area (Å²) in [6.45, 7) is 5.86. The fourth-order valence-electron chi connectivity index (χ4n) is 1.71. The second-order valence-corrected chi connectivity index (χ2v) is 5.24. The molecule has 1 saturated heterocycles. The zero-order chi connectivity index (χ0) is 11.5. The lowest BCUT2D eigenvalue weighted by Crippen LogP contribution is -2.49. The highest BCUT2D eigenvalue weighted by atomic mass is 32.2. The predicted molar refractivity (Wildman–Crippen MR) is 57.5 cm³/mol. The maximum absolute atomic E-state index is 11.6. The molecule has 1 N–H and O–H groups in total. The Bertz CT molecular complexity index is 340. The van der Waals surface area contributed by atoms with Crippen molar-refractivity contribution in [1.82, 2.24) is 9.62 Å². The molecule has 0 spiro atoms. The topological polar surface area (TPSA) is 66.5 Å². The van der Waals surface area contributed by atoms with Gasteiger partial charge < -0.3 is 5.32 Å². The first-order valence-corrected chi connectivity index (χ1v) is 6.42. The number of nitrogens with one attached hydrogen (secondary N) is 1. The van der Waals surface area contributed by atoms with E-state index in [1.165, 1.54) is 4.31 Å². The molecule has 1 amide bonds. The molecule has 5 nitrogen and oxygen atoms in total. The molecule has 1 atom stereocenters. The van der Waals surface area contributed by atoms with E-state index in [1.807, 2.05) is 0 Å². The fourth-order valence-corrected chi connectivity index (χ4v) is 2.85. The highest BCUT2D eigenvalue weighted by Crippen LogP contribution is 2.15. The van der Waals surface area contributed by atoms with Gasteiger partial charge >= 0.3 is 0 Å². The van der Waals surface area contributed by atoms with Crippen molar-refractivity contribution in [1.29, 1.82) is 0 Å². The van der Waals surface area contributed by atoms with Crippen LogP contribution >= 0.6 is 0 Å². The van der Waals surface area contributed by atoms with E-state index >= 15 is 0 Å². The number of hydrogen-bond donors (Lipinski definition) is 1. The SMILES string of the molecule is C=CS(=O)(=O)N(CC)C1CCC(=O)NC1. The summed E-state index contributed by atoms with van der Waals surface area (Å²) < 4.78 is 24.6. The van der Waals surface area contributed by atoms with Gasteiger partial charge in [-0.1, -0.05) is 13.5 Å². The molecule has 1 aliphatic rings. The first kappa shape index (κ1) is 12.2. The molecule has 0 radical (unpaired) electrons. The summed E-state index contributed by atoms with van der Waals surface area (Å²) in [6.07, 6.45) is 0.959. The average Bonchev–Trinajstić information content (AvgIpc) is 2.22. The van der Waals surface area contributed by atoms with Gasteiger partial charge in [0, 0.05) is 31.0 Å². The summed E-state index contributed by atoms with van der Waals surface area (Å²) in [5.74, 6) is -0.0155. The highest BCUT2D eigenvalue weighted by Gasteiger charge is 2.29. The summed E-state index contributed by atoms with van der Waals surface area (Å²) in [7, 11) is -3.38. The minimum absolute atomic E-state index is 0.0155. The van der Waals surface area contributed by atoms with Gasteiger partial charge in [-0.25, -0.2) is 8.42 Å². The maximum atomic E-state index is 11.6. The lowest BCUT2D eigenvalue weighted by atomic mass is 10.1. The molecule has 1 rings (SSSR count). The first-order chi connectivity index (χ1) is 7.01. The van der Waals surface area contributed by atoms with Crippen LogP contribution in [0.2, 0.25) is 0 Å². The van der Waals surface area contributed by atoms with E-state index in [4.69, 9.17) is 0 Å². The molecule has 0 aromatic heterocycles. The molecule has 6 heteroatoms. The third-order valence-corrected chi connectivity index (χ3v) is 4.13. The van der Waals surface area contributed by atoms with Gasteiger partial charge in [-0.3, -0.25) is 4.79 Å². The third-order valence-electron chi connectivity index (χ3n) is 2.50. The van der Waals surface area contributed by atoms with E-state index in [9.17, 15) is 13.2 Å². The second-order valence-electron chi connectivity index (χ2n) is 3.41. The monoisotopic (exact) mass is 232 g/mol. The Balaban J connectivity index is 2.76. The smallest absolute Gasteiger partial charge is 0.235 e. The quantitative estimate of drug-likeness (QED) is 0.745. The molecule has 1 aliphatic heterocycles. The minimum atomic E-state index is -3.38. The maximum Gasteiger partial charge on any atom is 0.235 e. The van der Waals surface area contributed by atoms with Gasteiger partial charge in [0.25, 0.3) is 0 Å². The van der Waals surface area contributed by atoms with Crippen LogP contribution in [0, 0.1) is 0 Å². The van der Waals surface area contributed by atoms with Crippen LogP contribution in [-0.4, -0.2) is 37.8 Å². The number of carbonyl (C=O) groups is 1. The third kappa shape index (κ3) is 2.79. The van der Waals surface area contributed by atoms with Crippen LogP contribution in [0.5, 0.6) is 0 Å². The number of likely N-dealkylation sites (N-methyl/N-ethyl adjacent to an activating group) is 1. The zero-order valence-electron chi connectivity index (χ0n) is 8.77. The van der Waals surface area contributed by atoms with E-state index in [0.29, 0.717) is 25.9 Å². The Morgan fingerprint density at radius 3 is 2.73 bits per heavy atom. The molecule has 86 valence electrons. The molecule has 0 aliphatic carbocycles. The van der Waals surface area contributed by atoms with Crippen molar-refractivity contribution < 1.29 is 13.2 Å². The van der Waals surface area contributed by atoms with Crippen molar-refractivity contribution in [3.8, 4) is 0 Å². The van der Waals surface area contributed by atoms with Gasteiger partial charge in [0.05, 0.1) is 0 Å². The lowest BCUT2D eigenvalue weighted by molar-refractivity contribution is -0.122. The van der Waals surface area contributed by atoms with Crippen LogP contribution in [0.15, 0.2) is 12.0 Å². The standard InChI is InChI=1S/C9H16N2O3S/c1-3-11(15(13,14)4-2)8-5-6-9(12)10-7-8/h4,8H,2-3,5-7H2,1H3,(H,10,12). The van der Waals surface area contributed by atoms with Crippen molar-refractivity contribution in [2.24, 2.45) is 0 Å². The number of sulfonamides is 1. The van der Waals surface area contributed by atoms with Crippen LogP contribution in [0.4, 0.5) is 0 Å². The highest BCUT2D eigenvalue weighted by molar-refractivity contribution is 7.92. The summed E-state index contributed by atoms with van der Waals surface area (Å²) in [5.41, 5.74) is 0. The number of hydrogen-bond acceptors (Lipinski definition) is 3. The number of piperidine rings is 1. The van der Waals surface area contributed by atoms with Crippen LogP contribution in [-0.2, 0) is 14.8 Å². The van der Waals surface area contributed by atoms with Crippen LogP contribution in [0.3, 0.4) is 0 Å². The van der Waals surface area contributed by atoms with E-state index in [0.717, 1.165) is 5.41 Å². The number of carbonyl (C=O) groups excluding carboxylic acids is 1. The van der Waals surface area contributed by atoms with Crippen molar-refractivity contribution >= 4 is 15.9 Å². The van der Waals surface area contributed by atoms with Gasteiger partial charge in [0.15, 0.2) is 0 Å². The second kappa shape index (κ2) is 4.76. The molecule has 0 saturated carbocycles. The summed E-state index contributed by atoms with van der Waals surface area (Å²) in [5, 5.41) is 3.62. The van der Waals surface area contributed by atoms with Crippen LogP contribution in [0.1, 0.15) is 19.8 Å². The number of rotatable bonds is 4. The Hall–Kier alpha value is -0.880. The van der Waals surface area contributed by atoms with Crippen molar-refractivity contribution in [2.75, 3.05) is 13.1 Å². The molecule has 0 bridgehead atoms. The van der Waals surface area contributed by atoms with Gasteiger partial charge in [-0.05, 0) is 6.42 Å². The summed E-state index contributed by atoms with van der Waals surface area (Å²) in [4.78, 5) is 10.9. The predicted octanol–water partition coefficient (Wildman–Crippen LogP) is 0.0602. The molecular formula is C9H16N2O3S. The lowest BCUT2D eigenvalue weighted by Gasteiger charge is -2.31. The Labute approximate surface area is 90.2 Å². The minimum Gasteiger partial charge on any atom is -0.354 e. The Morgan fingerprint density at radius 1 is 1.67 bits per heavy atom. The van der Waals surface area contributed by atoms with Crippen LogP contribution < -0.4 is 5.32 Å². The molecule has 1 unspecified atom stereocenters. The molecule has 1 heterocycles. The summed E-state index contributed by atoms with van der Waals surface area (Å²) >= 11 is 0. The molecule has 0 aromatic rings. The number of amides is 1. The molecular weight excluding hydrogens is 216 g/mol. The normalized spacial score (nSPS) is 22.5. The fraction of sp³-hybridized carbons (Fsp3) is 0.667. The molecule has 0 aromatic carbocycles. The van der Waals surface area contributed by atoms with Gasteiger partial charge in [0.2, 0.25) is 15.9 Å². The van der Waals surface area contributed by atoms with Gasteiger partial charge in [-0.2, -0.15) is 4.31 Å². The molecule has 1 fully saturated rings. The first-order valence-electron chi connectivity index (χ1n) is 4.92. The van der Waals surface area contributed by atoms with Gasteiger partial charge in [-0.15, -0.1) is 0 Å². The van der Waals surface area contributed by atoms with Crippen molar-refractivity contribution in [3.05, 3.63) is 12.0 Å². The van der Waals surface area contributed by atoms with Crippen LogP contribution in [0.25, 0.3) is 0 Å². The van der Waals surface area contributed by atoms with E-state index in [2.05, 4.69) is 11.9 Å². The van der Waals surface area contributed by atoms with E-state index < -0.39 is 10.0 Å². The Kier molecular flexibility index (Phi) is 3.87. The average molecular weight is 232 g/mol. The van der Waals surface area contributed by atoms with Crippen molar-refractivity contribution in [3.63, 3.8) is 0 Å². The van der Waals surface area contributed by atoms with E-state index in [1.54, 1.807) is 6.92 Å². The van der Waals surface area contributed by atoms with Crippen molar-refractivity contribution in [2.45, 2.75) is 25.8 Å². The largest absolute Gasteiger partial charge is 0.354 e. The zero-order valence-corrected chi connectivity index (χ0v) is 9.59. The molecule has 15 heavy (non-hydrogen) atoms.